The quantitative estimate of drug-likeness (QED) is 0.723. The van der Waals surface area contributed by atoms with Gasteiger partial charge in [-0.3, -0.25) is 4.79 Å². The first-order valence-electron chi connectivity index (χ1n) is 7.78. The number of carbonyl (C=O) groups is 2. The highest BCUT2D eigenvalue weighted by Gasteiger charge is 2.23. The third-order valence-electron chi connectivity index (χ3n) is 4.24. The summed E-state index contributed by atoms with van der Waals surface area (Å²) in [5.74, 6) is -0.0904. The van der Waals surface area contributed by atoms with E-state index in [1.54, 1.807) is 23.1 Å². The van der Waals surface area contributed by atoms with Gasteiger partial charge < -0.3 is 9.64 Å². The molecule has 1 fully saturated rings. The topological polar surface area (TPSA) is 46.6 Å². The molecule has 0 N–H and O–H groups in total. The van der Waals surface area contributed by atoms with Gasteiger partial charge >= 0.3 is 5.97 Å². The molecule has 7 heteroatoms. The molecule has 1 saturated heterocycles. The maximum Gasteiger partial charge on any atom is 0.350 e. The molecule has 2 heterocycles. The van der Waals surface area contributed by atoms with Gasteiger partial charge in [0, 0.05) is 28.2 Å². The molecule has 0 saturated carbocycles. The van der Waals surface area contributed by atoms with Gasteiger partial charge in [0.1, 0.15) is 4.88 Å². The van der Waals surface area contributed by atoms with Gasteiger partial charge in [-0.2, -0.15) is 0 Å². The summed E-state index contributed by atoms with van der Waals surface area (Å²) >= 11 is 13.4. The number of piperidine rings is 1. The number of hydrogen-bond acceptors (Lipinski definition) is 4. The van der Waals surface area contributed by atoms with Crippen molar-refractivity contribution in [2.45, 2.75) is 19.8 Å². The van der Waals surface area contributed by atoms with E-state index in [9.17, 15) is 9.59 Å². The van der Waals surface area contributed by atoms with Gasteiger partial charge in [0.25, 0.3) is 5.91 Å². The summed E-state index contributed by atoms with van der Waals surface area (Å²) in [5, 5.41) is 1.68. The van der Waals surface area contributed by atoms with Crippen LogP contribution in [0, 0.1) is 5.92 Å². The zero-order valence-electron chi connectivity index (χ0n) is 13.2. The van der Waals surface area contributed by atoms with E-state index in [0.717, 1.165) is 36.0 Å². The molecule has 1 aliphatic rings. The van der Waals surface area contributed by atoms with Crippen molar-refractivity contribution < 1.29 is 14.3 Å². The van der Waals surface area contributed by atoms with Crippen LogP contribution in [0.15, 0.2) is 18.2 Å². The Morgan fingerprint density at radius 3 is 2.71 bits per heavy atom. The molecular formula is C17H17Cl2NO3S. The molecule has 1 aromatic carbocycles. The fourth-order valence-electron chi connectivity index (χ4n) is 2.71. The molecule has 0 aliphatic carbocycles. The van der Waals surface area contributed by atoms with E-state index in [2.05, 4.69) is 6.92 Å². The largest absolute Gasteiger partial charge is 0.451 e. The first-order chi connectivity index (χ1) is 11.5. The minimum Gasteiger partial charge on any atom is -0.451 e. The third-order valence-corrected chi connectivity index (χ3v) is 6.11. The lowest BCUT2D eigenvalue weighted by Crippen LogP contribution is -2.40. The Labute approximate surface area is 154 Å². The molecule has 1 aliphatic heterocycles. The summed E-state index contributed by atoms with van der Waals surface area (Å²) in [6.45, 7) is 3.37. The molecule has 4 nitrogen and oxygen atoms in total. The van der Waals surface area contributed by atoms with Crippen molar-refractivity contribution in [2.75, 3.05) is 19.7 Å². The molecule has 128 valence electrons. The number of esters is 1. The average molecular weight is 386 g/mol. The smallest absolute Gasteiger partial charge is 0.350 e. The first kappa shape index (κ1) is 17.5. The highest BCUT2D eigenvalue weighted by Crippen LogP contribution is 2.37. The SMILES string of the molecule is CC1CCN(C(=O)COC(=O)c2sc3cc(Cl)ccc3c2Cl)CC1. The summed E-state index contributed by atoms with van der Waals surface area (Å²) in [4.78, 5) is 26.5. The second kappa shape index (κ2) is 7.30. The van der Waals surface area contributed by atoms with Crippen LogP contribution >= 0.6 is 34.5 Å². The molecule has 0 spiro atoms. The molecule has 0 radical (unpaired) electrons. The zero-order valence-corrected chi connectivity index (χ0v) is 15.5. The standard InChI is InChI=1S/C17H17Cl2NO3S/c1-10-4-6-20(7-5-10)14(21)9-23-17(22)16-15(19)12-3-2-11(18)8-13(12)24-16/h2-3,8,10H,4-7,9H2,1H3. The highest BCUT2D eigenvalue weighted by molar-refractivity contribution is 7.21. The molecule has 3 rings (SSSR count). The fourth-order valence-corrected chi connectivity index (χ4v) is 4.39. The predicted octanol–water partition coefficient (Wildman–Crippen LogP) is 4.62. The van der Waals surface area contributed by atoms with Gasteiger partial charge in [-0.15, -0.1) is 11.3 Å². The molecule has 0 atom stereocenters. The Morgan fingerprint density at radius 1 is 1.29 bits per heavy atom. The highest BCUT2D eigenvalue weighted by atomic mass is 35.5. The van der Waals surface area contributed by atoms with Crippen molar-refractivity contribution in [3.8, 4) is 0 Å². The molecule has 1 aromatic heterocycles. The van der Waals surface area contributed by atoms with Gasteiger partial charge in [0.15, 0.2) is 6.61 Å². The van der Waals surface area contributed by atoms with Crippen LogP contribution in [-0.4, -0.2) is 36.5 Å². The van der Waals surface area contributed by atoms with Gasteiger partial charge in [0.05, 0.1) is 5.02 Å². The summed E-state index contributed by atoms with van der Waals surface area (Å²) in [6, 6.07) is 5.25. The lowest BCUT2D eigenvalue weighted by Gasteiger charge is -2.30. The maximum absolute atomic E-state index is 12.3. The number of likely N-dealkylation sites (tertiary alicyclic amines) is 1. The number of thiophene rings is 1. The molecule has 0 unspecified atom stereocenters. The Hall–Kier alpha value is -1.30. The average Bonchev–Trinajstić information content (AvgIpc) is 2.89. The van der Waals surface area contributed by atoms with E-state index in [-0.39, 0.29) is 12.5 Å². The van der Waals surface area contributed by atoms with Crippen molar-refractivity contribution in [3.05, 3.63) is 33.1 Å². The number of nitrogens with zero attached hydrogens (tertiary/aromatic N) is 1. The number of amides is 1. The predicted molar refractivity (Wildman–Crippen MR) is 97.1 cm³/mol. The van der Waals surface area contributed by atoms with Crippen LogP contribution in [0.5, 0.6) is 0 Å². The van der Waals surface area contributed by atoms with E-state index >= 15 is 0 Å². The Morgan fingerprint density at radius 2 is 2.00 bits per heavy atom. The van der Waals surface area contributed by atoms with Gasteiger partial charge in [-0.25, -0.2) is 4.79 Å². The number of hydrogen-bond donors (Lipinski definition) is 0. The number of ether oxygens (including phenoxy) is 1. The summed E-state index contributed by atoms with van der Waals surface area (Å²) < 4.78 is 5.99. The lowest BCUT2D eigenvalue weighted by atomic mass is 9.99. The van der Waals surface area contributed by atoms with Crippen molar-refractivity contribution in [3.63, 3.8) is 0 Å². The van der Waals surface area contributed by atoms with Gasteiger partial charge in [-0.05, 0) is 30.9 Å². The number of carbonyl (C=O) groups excluding carboxylic acids is 2. The van der Waals surface area contributed by atoms with Gasteiger partial charge in [0.2, 0.25) is 0 Å². The van der Waals surface area contributed by atoms with Crippen molar-refractivity contribution in [1.29, 1.82) is 0 Å². The molecule has 24 heavy (non-hydrogen) atoms. The van der Waals surface area contributed by atoms with E-state index in [4.69, 9.17) is 27.9 Å². The lowest BCUT2D eigenvalue weighted by molar-refractivity contribution is -0.135. The summed E-state index contributed by atoms with van der Waals surface area (Å²) in [6.07, 6.45) is 1.98. The minimum atomic E-state index is -0.573. The van der Waals surface area contributed by atoms with Crippen LogP contribution in [-0.2, 0) is 9.53 Å². The van der Waals surface area contributed by atoms with Crippen LogP contribution in [0.1, 0.15) is 29.4 Å². The van der Waals surface area contributed by atoms with Crippen LogP contribution in [0.25, 0.3) is 10.1 Å². The second-order valence-electron chi connectivity index (χ2n) is 6.03. The van der Waals surface area contributed by atoms with Crippen LogP contribution < -0.4 is 0 Å². The number of benzene rings is 1. The number of fused-ring (bicyclic) bond motifs is 1. The Balaban J connectivity index is 1.65. The Bertz CT molecular complexity index is 781. The van der Waals surface area contributed by atoms with Gasteiger partial charge in [-0.1, -0.05) is 36.2 Å². The van der Waals surface area contributed by atoms with Crippen LogP contribution in [0.3, 0.4) is 0 Å². The van der Waals surface area contributed by atoms with E-state index in [1.165, 1.54) is 11.3 Å². The summed E-state index contributed by atoms with van der Waals surface area (Å²) in [5.41, 5.74) is 0. The van der Waals surface area contributed by atoms with Crippen LogP contribution in [0.2, 0.25) is 10.0 Å². The second-order valence-corrected chi connectivity index (χ2v) is 7.89. The maximum atomic E-state index is 12.3. The van der Waals surface area contributed by atoms with E-state index < -0.39 is 5.97 Å². The third kappa shape index (κ3) is 3.68. The summed E-state index contributed by atoms with van der Waals surface area (Å²) in [7, 11) is 0. The van der Waals surface area contributed by atoms with Crippen LogP contribution in [0.4, 0.5) is 0 Å². The first-order valence-corrected chi connectivity index (χ1v) is 9.35. The van der Waals surface area contributed by atoms with E-state index in [0.29, 0.717) is 20.8 Å². The monoisotopic (exact) mass is 385 g/mol. The van der Waals surface area contributed by atoms with Crippen molar-refractivity contribution in [2.24, 2.45) is 5.92 Å². The molecule has 0 bridgehead atoms. The van der Waals surface area contributed by atoms with E-state index in [1.807, 2.05) is 0 Å². The van der Waals surface area contributed by atoms with Crippen molar-refractivity contribution in [1.82, 2.24) is 4.90 Å². The Kier molecular flexibility index (Phi) is 5.33. The zero-order chi connectivity index (χ0) is 17.3. The fraction of sp³-hybridized carbons (Fsp3) is 0.412. The number of rotatable bonds is 3. The normalized spacial score (nSPS) is 15.7. The molecular weight excluding hydrogens is 369 g/mol. The van der Waals surface area contributed by atoms with Crippen molar-refractivity contribution >= 4 is 56.5 Å². The number of halogens is 2. The minimum absolute atomic E-state index is 0.157. The molecule has 2 aromatic rings. The molecule has 1 amide bonds.